The Morgan fingerprint density at radius 3 is 2.44 bits per heavy atom. The highest BCUT2D eigenvalue weighted by Gasteiger charge is 2.09. The van der Waals surface area contributed by atoms with E-state index in [0.29, 0.717) is 5.75 Å². The number of amides is 1. The van der Waals surface area contributed by atoms with Crippen LogP contribution in [0.25, 0.3) is 0 Å². The Morgan fingerprint density at radius 2 is 1.89 bits per heavy atom. The van der Waals surface area contributed by atoms with Crippen molar-refractivity contribution in [3.05, 3.63) is 30.1 Å². The number of hydrogen-bond acceptors (Lipinski definition) is 4. The Bertz CT molecular complexity index is 368. The Morgan fingerprint density at radius 1 is 1.28 bits per heavy atom. The first kappa shape index (κ1) is 14.9. The number of carbonyl (C=O) groups is 1. The molecule has 6 heteroatoms. The lowest BCUT2D eigenvalue weighted by atomic mass is 10.3. The smallest absolute Gasteiger partial charge is 0.221 e. The summed E-state index contributed by atoms with van der Waals surface area (Å²) in [7, 11) is 0. The third kappa shape index (κ3) is 5.48. The summed E-state index contributed by atoms with van der Waals surface area (Å²) in [4.78, 5) is 12.3. The second kappa shape index (κ2) is 8.07. The molecule has 1 aromatic rings. The van der Waals surface area contributed by atoms with Crippen molar-refractivity contribution in [2.75, 3.05) is 19.0 Å². The molecule has 0 aliphatic heterocycles. The number of aliphatic hydroxyl groups excluding tert-OH is 2. The van der Waals surface area contributed by atoms with Gasteiger partial charge in [-0.2, -0.15) is 0 Å². The van der Waals surface area contributed by atoms with E-state index in [4.69, 9.17) is 10.2 Å². The number of thioether (sulfide) groups is 1. The van der Waals surface area contributed by atoms with Crippen LogP contribution >= 0.6 is 11.8 Å². The van der Waals surface area contributed by atoms with Gasteiger partial charge in [-0.1, -0.05) is 0 Å². The lowest BCUT2D eigenvalue weighted by Crippen LogP contribution is -2.40. The topological polar surface area (TPSA) is 69.6 Å². The zero-order chi connectivity index (χ0) is 13.4. The number of rotatable bonds is 7. The first-order chi connectivity index (χ1) is 8.65. The fraction of sp³-hybridized carbons (Fsp3) is 0.417. The molecule has 0 heterocycles. The van der Waals surface area contributed by atoms with E-state index >= 15 is 0 Å². The Kier molecular flexibility index (Phi) is 6.70. The second-order valence-corrected chi connectivity index (χ2v) is 4.85. The van der Waals surface area contributed by atoms with Gasteiger partial charge >= 0.3 is 0 Å². The van der Waals surface area contributed by atoms with Crippen molar-refractivity contribution in [3.8, 4) is 0 Å². The molecule has 0 spiro atoms. The van der Waals surface area contributed by atoms with Crippen molar-refractivity contribution in [1.29, 1.82) is 0 Å². The highest BCUT2D eigenvalue weighted by molar-refractivity contribution is 7.99. The highest BCUT2D eigenvalue weighted by atomic mass is 32.2. The molecule has 0 unspecified atom stereocenters. The fourth-order valence-corrected chi connectivity index (χ4v) is 2.09. The van der Waals surface area contributed by atoms with E-state index in [-0.39, 0.29) is 31.4 Å². The van der Waals surface area contributed by atoms with Gasteiger partial charge in [-0.3, -0.25) is 4.79 Å². The van der Waals surface area contributed by atoms with Gasteiger partial charge in [0.15, 0.2) is 0 Å². The van der Waals surface area contributed by atoms with Crippen LogP contribution in [0.5, 0.6) is 0 Å². The molecule has 1 rings (SSSR count). The summed E-state index contributed by atoms with van der Waals surface area (Å²) in [6.07, 6.45) is 0.276. The van der Waals surface area contributed by atoms with Crippen LogP contribution in [0.3, 0.4) is 0 Å². The Balaban J connectivity index is 2.25. The third-order valence-corrected chi connectivity index (χ3v) is 3.23. The molecule has 0 aliphatic carbocycles. The SMILES string of the molecule is O=C(CCSc1ccc(F)cc1)NC(CO)CO. The number of aliphatic hydroxyl groups is 2. The van der Waals surface area contributed by atoms with E-state index in [2.05, 4.69) is 5.32 Å². The molecular weight excluding hydrogens is 257 g/mol. The van der Waals surface area contributed by atoms with Gasteiger partial charge in [0.1, 0.15) is 5.82 Å². The molecule has 0 saturated heterocycles. The number of carbonyl (C=O) groups excluding carboxylic acids is 1. The van der Waals surface area contributed by atoms with Gasteiger partial charge in [-0.25, -0.2) is 4.39 Å². The molecule has 0 radical (unpaired) electrons. The van der Waals surface area contributed by atoms with E-state index in [1.165, 1.54) is 23.9 Å². The molecule has 1 amide bonds. The molecule has 0 atom stereocenters. The van der Waals surface area contributed by atoms with Gasteiger partial charge < -0.3 is 15.5 Å². The maximum absolute atomic E-state index is 12.6. The van der Waals surface area contributed by atoms with Crippen LogP contribution in [0, 0.1) is 5.82 Å². The molecule has 0 bridgehead atoms. The molecule has 100 valence electrons. The van der Waals surface area contributed by atoms with Crippen molar-refractivity contribution >= 4 is 17.7 Å². The van der Waals surface area contributed by atoms with Crippen LogP contribution in [-0.2, 0) is 4.79 Å². The average molecular weight is 273 g/mol. The average Bonchev–Trinajstić information content (AvgIpc) is 2.38. The maximum Gasteiger partial charge on any atom is 0.221 e. The minimum atomic E-state index is -0.603. The van der Waals surface area contributed by atoms with Gasteiger partial charge in [0, 0.05) is 17.1 Å². The minimum absolute atomic E-state index is 0.224. The largest absolute Gasteiger partial charge is 0.394 e. The molecule has 3 N–H and O–H groups in total. The monoisotopic (exact) mass is 273 g/mol. The zero-order valence-corrected chi connectivity index (χ0v) is 10.6. The minimum Gasteiger partial charge on any atom is -0.394 e. The number of hydrogen-bond donors (Lipinski definition) is 3. The fourth-order valence-electron chi connectivity index (χ4n) is 1.24. The number of nitrogens with one attached hydrogen (secondary N) is 1. The Labute approximate surface area is 109 Å². The van der Waals surface area contributed by atoms with Crippen LogP contribution in [0.15, 0.2) is 29.2 Å². The van der Waals surface area contributed by atoms with E-state index in [1.54, 1.807) is 12.1 Å². The van der Waals surface area contributed by atoms with Crippen molar-refractivity contribution < 1.29 is 19.4 Å². The van der Waals surface area contributed by atoms with Crippen LogP contribution in [0.4, 0.5) is 4.39 Å². The number of benzene rings is 1. The van der Waals surface area contributed by atoms with Crippen LogP contribution in [0.1, 0.15) is 6.42 Å². The summed E-state index contributed by atoms with van der Waals surface area (Å²) in [6, 6.07) is 5.45. The number of halogens is 1. The first-order valence-electron chi connectivity index (χ1n) is 5.55. The van der Waals surface area contributed by atoms with Gasteiger partial charge in [0.2, 0.25) is 5.91 Å². The highest BCUT2D eigenvalue weighted by Crippen LogP contribution is 2.18. The molecule has 0 saturated carbocycles. The van der Waals surface area contributed by atoms with Crippen LogP contribution in [-0.4, -0.2) is 41.1 Å². The lowest BCUT2D eigenvalue weighted by Gasteiger charge is -2.12. The summed E-state index contributed by atoms with van der Waals surface area (Å²) in [5, 5.41) is 20.1. The quantitative estimate of drug-likeness (QED) is 0.642. The predicted octanol–water partition coefficient (Wildman–Crippen LogP) is 0.777. The van der Waals surface area contributed by atoms with Crippen LogP contribution in [0.2, 0.25) is 0 Å². The van der Waals surface area contributed by atoms with E-state index in [1.807, 2.05) is 0 Å². The summed E-state index contributed by atoms with van der Waals surface area (Å²) in [5.74, 6) is 0.0460. The summed E-state index contributed by atoms with van der Waals surface area (Å²) in [5.41, 5.74) is 0. The van der Waals surface area contributed by atoms with Gasteiger partial charge in [-0.15, -0.1) is 11.8 Å². The van der Waals surface area contributed by atoms with Crippen molar-refractivity contribution in [2.24, 2.45) is 0 Å². The lowest BCUT2D eigenvalue weighted by molar-refractivity contribution is -0.122. The molecule has 0 aromatic heterocycles. The molecule has 1 aromatic carbocycles. The second-order valence-electron chi connectivity index (χ2n) is 3.68. The molecule has 18 heavy (non-hydrogen) atoms. The van der Waals surface area contributed by atoms with Crippen LogP contribution < -0.4 is 5.32 Å². The van der Waals surface area contributed by atoms with Gasteiger partial charge in [-0.05, 0) is 24.3 Å². The molecule has 0 fully saturated rings. The van der Waals surface area contributed by atoms with E-state index in [9.17, 15) is 9.18 Å². The van der Waals surface area contributed by atoms with Crippen molar-refractivity contribution in [1.82, 2.24) is 5.32 Å². The Hall–Kier alpha value is -1.11. The van der Waals surface area contributed by atoms with Gasteiger partial charge in [0.25, 0.3) is 0 Å². The normalized spacial score (nSPS) is 10.7. The third-order valence-electron chi connectivity index (χ3n) is 2.22. The first-order valence-corrected chi connectivity index (χ1v) is 6.53. The summed E-state index contributed by atoms with van der Waals surface area (Å²) in [6.45, 7) is -0.569. The maximum atomic E-state index is 12.6. The van der Waals surface area contributed by atoms with Crippen molar-refractivity contribution in [2.45, 2.75) is 17.4 Å². The van der Waals surface area contributed by atoms with E-state index < -0.39 is 6.04 Å². The molecular formula is C12H16FNO3S. The summed E-state index contributed by atoms with van der Waals surface area (Å²) >= 11 is 1.45. The van der Waals surface area contributed by atoms with E-state index in [0.717, 1.165) is 4.90 Å². The summed E-state index contributed by atoms with van der Waals surface area (Å²) < 4.78 is 12.6. The zero-order valence-electron chi connectivity index (χ0n) is 9.80. The van der Waals surface area contributed by atoms with Gasteiger partial charge in [0.05, 0.1) is 19.3 Å². The molecule has 0 aliphatic rings. The standard InChI is InChI=1S/C12H16FNO3S/c13-9-1-3-11(4-2-9)18-6-5-12(17)14-10(7-15)8-16/h1-4,10,15-16H,5-8H2,(H,14,17). The van der Waals surface area contributed by atoms with Crippen molar-refractivity contribution in [3.63, 3.8) is 0 Å². The predicted molar refractivity (Wildman–Crippen MR) is 67.8 cm³/mol. The molecule has 4 nitrogen and oxygen atoms in total.